The van der Waals surface area contributed by atoms with Crippen LogP contribution in [0.2, 0.25) is 0 Å². The predicted molar refractivity (Wildman–Crippen MR) is 57.1 cm³/mol. The fourth-order valence-corrected chi connectivity index (χ4v) is 1.91. The Kier molecular flexibility index (Phi) is 1.95. The summed E-state index contributed by atoms with van der Waals surface area (Å²) >= 11 is 0. The van der Waals surface area contributed by atoms with E-state index in [0.29, 0.717) is 0 Å². The molecule has 0 aromatic rings. The first-order valence-corrected chi connectivity index (χ1v) is 4.82. The van der Waals surface area contributed by atoms with Crippen molar-refractivity contribution < 1.29 is 0 Å². The number of hydrogen-bond acceptors (Lipinski definition) is 1. The summed E-state index contributed by atoms with van der Waals surface area (Å²) in [6, 6.07) is 0. The smallest absolute Gasteiger partial charge is 0.0802 e. The Morgan fingerprint density at radius 3 is 3.00 bits per heavy atom. The molecule has 13 heavy (non-hydrogen) atoms. The van der Waals surface area contributed by atoms with Crippen LogP contribution in [-0.2, 0) is 0 Å². The number of hydrogen-bond donors (Lipinski definition) is 0. The third kappa shape index (κ3) is 1.51. The molecule has 0 radical (unpaired) electrons. The minimum atomic E-state index is -0.0459. The summed E-state index contributed by atoms with van der Waals surface area (Å²) in [5.74, 6) is 0. The molecule has 0 bridgehead atoms. The van der Waals surface area contributed by atoms with E-state index in [1.807, 2.05) is 12.3 Å². The van der Waals surface area contributed by atoms with Gasteiger partial charge in [0.2, 0.25) is 0 Å². The maximum absolute atomic E-state index is 4.52. The Hall–Kier alpha value is -1.11. The molecule has 2 rings (SSSR count). The van der Waals surface area contributed by atoms with Gasteiger partial charge in [0.1, 0.15) is 0 Å². The van der Waals surface area contributed by atoms with Gasteiger partial charge >= 0.3 is 0 Å². The first kappa shape index (κ1) is 8.49. The summed E-state index contributed by atoms with van der Waals surface area (Å²) in [7, 11) is 0. The third-order valence-corrected chi connectivity index (χ3v) is 2.65. The van der Waals surface area contributed by atoms with Crippen LogP contribution in [0.4, 0.5) is 0 Å². The summed E-state index contributed by atoms with van der Waals surface area (Å²) < 4.78 is 0. The highest BCUT2D eigenvalue weighted by Gasteiger charge is 2.24. The van der Waals surface area contributed by atoms with Crippen molar-refractivity contribution in [2.45, 2.75) is 32.2 Å². The van der Waals surface area contributed by atoms with Crippen molar-refractivity contribution in [3.63, 3.8) is 0 Å². The van der Waals surface area contributed by atoms with Crippen molar-refractivity contribution in [2.24, 2.45) is 4.99 Å². The highest BCUT2D eigenvalue weighted by Crippen LogP contribution is 2.32. The van der Waals surface area contributed by atoms with E-state index in [1.165, 1.54) is 17.6 Å². The van der Waals surface area contributed by atoms with E-state index in [4.69, 9.17) is 0 Å². The molecule has 2 aliphatic rings. The highest BCUT2D eigenvalue weighted by molar-refractivity contribution is 5.74. The second-order valence-corrected chi connectivity index (χ2v) is 4.08. The minimum Gasteiger partial charge on any atom is -0.282 e. The Bertz CT molecular complexity index is 327. The van der Waals surface area contributed by atoms with Gasteiger partial charge in [-0.05, 0) is 43.9 Å². The van der Waals surface area contributed by atoms with Crippen LogP contribution in [0, 0.1) is 0 Å². The summed E-state index contributed by atoms with van der Waals surface area (Å²) in [6.07, 6.45) is 12.9. The van der Waals surface area contributed by atoms with Gasteiger partial charge in [-0.15, -0.1) is 0 Å². The van der Waals surface area contributed by atoms with E-state index >= 15 is 0 Å². The van der Waals surface area contributed by atoms with E-state index in [0.717, 1.165) is 6.42 Å². The standard InChI is InChI=1S/C12H15N/c1-12(2)11-8-4-3-6-10(11)7-5-9-13-12/h4-5,7-9H,3,6H2,1-2H3. The van der Waals surface area contributed by atoms with E-state index in [9.17, 15) is 0 Å². The molecule has 0 fully saturated rings. The van der Waals surface area contributed by atoms with Gasteiger partial charge in [-0.1, -0.05) is 18.2 Å². The Balaban J connectivity index is 2.50. The molecule has 68 valence electrons. The lowest BCUT2D eigenvalue weighted by molar-refractivity contribution is 0.622. The second-order valence-electron chi connectivity index (χ2n) is 4.08. The van der Waals surface area contributed by atoms with Crippen LogP contribution in [0.3, 0.4) is 0 Å². The summed E-state index contributed by atoms with van der Waals surface area (Å²) in [5.41, 5.74) is 2.78. The third-order valence-electron chi connectivity index (χ3n) is 2.65. The molecule has 0 saturated carbocycles. The quantitative estimate of drug-likeness (QED) is 0.534. The SMILES string of the molecule is CC1(C)N=CC=CC2=C1C=CCC2. The average Bonchev–Trinajstić information content (AvgIpc) is 2.26. The van der Waals surface area contributed by atoms with Crippen LogP contribution in [0.1, 0.15) is 26.7 Å². The van der Waals surface area contributed by atoms with E-state index < -0.39 is 0 Å². The van der Waals surface area contributed by atoms with Crippen LogP contribution in [-0.4, -0.2) is 11.8 Å². The monoisotopic (exact) mass is 173 g/mol. The summed E-state index contributed by atoms with van der Waals surface area (Å²) in [4.78, 5) is 4.52. The molecule has 0 N–H and O–H groups in total. The van der Waals surface area contributed by atoms with Crippen molar-refractivity contribution >= 4 is 6.21 Å². The van der Waals surface area contributed by atoms with E-state index in [1.54, 1.807) is 0 Å². The molecule has 0 saturated heterocycles. The topological polar surface area (TPSA) is 12.4 Å². The van der Waals surface area contributed by atoms with Crippen molar-refractivity contribution in [3.8, 4) is 0 Å². The maximum Gasteiger partial charge on any atom is 0.0802 e. The Morgan fingerprint density at radius 2 is 2.15 bits per heavy atom. The number of aliphatic imine (C=N–C) groups is 1. The molecule has 0 aromatic heterocycles. The Morgan fingerprint density at radius 1 is 1.31 bits per heavy atom. The minimum absolute atomic E-state index is 0.0459. The first-order chi connectivity index (χ1) is 6.20. The zero-order valence-corrected chi connectivity index (χ0v) is 8.25. The lowest BCUT2D eigenvalue weighted by Crippen LogP contribution is -2.20. The van der Waals surface area contributed by atoms with Gasteiger partial charge < -0.3 is 0 Å². The lowest BCUT2D eigenvalue weighted by atomic mass is 9.85. The predicted octanol–water partition coefficient (Wildman–Crippen LogP) is 3.05. The van der Waals surface area contributed by atoms with Crippen LogP contribution < -0.4 is 0 Å². The molecule has 0 spiro atoms. The average molecular weight is 173 g/mol. The van der Waals surface area contributed by atoms with Gasteiger partial charge in [0, 0.05) is 6.21 Å². The summed E-state index contributed by atoms with van der Waals surface area (Å²) in [5, 5.41) is 0. The molecule has 1 aliphatic heterocycles. The molecule has 1 aliphatic carbocycles. The van der Waals surface area contributed by atoms with Crippen LogP contribution in [0.25, 0.3) is 0 Å². The molecule has 1 nitrogen and oxygen atoms in total. The molecule has 0 atom stereocenters. The molecular weight excluding hydrogens is 158 g/mol. The zero-order chi connectivity index (χ0) is 9.31. The van der Waals surface area contributed by atoms with Gasteiger partial charge in [-0.2, -0.15) is 0 Å². The van der Waals surface area contributed by atoms with Gasteiger partial charge in [-0.25, -0.2) is 0 Å². The van der Waals surface area contributed by atoms with Crippen molar-refractivity contribution in [1.29, 1.82) is 0 Å². The second kappa shape index (κ2) is 2.99. The van der Waals surface area contributed by atoms with Crippen LogP contribution >= 0.6 is 0 Å². The number of allylic oxidation sites excluding steroid dienone is 4. The maximum atomic E-state index is 4.52. The largest absolute Gasteiger partial charge is 0.282 e. The van der Waals surface area contributed by atoms with Crippen molar-refractivity contribution in [1.82, 2.24) is 0 Å². The molecule has 0 aromatic carbocycles. The van der Waals surface area contributed by atoms with Gasteiger partial charge in [0.15, 0.2) is 0 Å². The highest BCUT2D eigenvalue weighted by atomic mass is 14.8. The fourth-order valence-electron chi connectivity index (χ4n) is 1.91. The molecule has 1 heteroatoms. The van der Waals surface area contributed by atoms with Gasteiger partial charge in [0.25, 0.3) is 0 Å². The first-order valence-electron chi connectivity index (χ1n) is 4.82. The summed E-state index contributed by atoms with van der Waals surface area (Å²) in [6.45, 7) is 4.34. The Labute approximate surface area is 79.6 Å². The van der Waals surface area contributed by atoms with Crippen molar-refractivity contribution in [2.75, 3.05) is 0 Å². The van der Waals surface area contributed by atoms with E-state index in [2.05, 4.69) is 37.1 Å². The number of rotatable bonds is 0. The van der Waals surface area contributed by atoms with Crippen LogP contribution in [0.15, 0.2) is 40.4 Å². The zero-order valence-electron chi connectivity index (χ0n) is 8.25. The molecule has 1 heterocycles. The lowest BCUT2D eigenvalue weighted by Gasteiger charge is -2.25. The van der Waals surface area contributed by atoms with Gasteiger partial charge in [0.05, 0.1) is 5.54 Å². The molecular formula is C12H15N. The van der Waals surface area contributed by atoms with Crippen LogP contribution in [0.5, 0.6) is 0 Å². The van der Waals surface area contributed by atoms with Crippen molar-refractivity contribution in [3.05, 3.63) is 35.5 Å². The van der Waals surface area contributed by atoms with E-state index in [-0.39, 0.29) is 5.54 Å². The fraction of sp³-hybridized carbons (Fsp3) is 0.417. The normalized spacial score (nSPS) is 24.5. The number of nitrogens with zero attached hydrogens (tertiary/aromatic N) is 1. The molecule has 0 unspecified atom stereocenters. The van der Waals surface area contributed by atoms with Gasteiger partial charge in [-0.3, -0.25) is 4.99 Å². The molecule has 0 amide bonds.